The first-order valence-corrected chi connectivity index (χ1v) is 3.66. The Bertz CT molecular complexity index is 184. The third-order valence-electron chi connectivity index (χ3n) is 0.372. The van der Waals surface area contributed by atoms with Crippen LogP contribution < -0.4 is 0 Å². The van der Waals surface area contributed by atoms with Crippen LogP contribution in [0.3, 0.4) is 0 Å². The first kappa shape index (κ1) is 15.4. The van der Waals surface area contributed by atoms with Crippen molar-refractivity contribution in [3.8, 4) is 0 Å². The van der Waals surface area contributed by atoms with Crippen LogP contribution in [0.1, 0.15) is 0 Å². The SMILES string of the molecule is O=P(=O)OOOOOOOOOOOOO. The molecule has 16 heavy (non-hydrogen) atoms. The summed E-state index contributed by atoms with van der Waals surface area (Å²) in [6, 6.07) is 0. The second-order valence-electron chi connectivity index (χ2n) is 1.05. The van der Waals surface area contributed by atoms with Crippen LogP contribution in [0.4, 0.5) is 0 Å². The van der Waals surface area contributed by atoms with Gasteiger partial charge in [0.25, 0.3) is 0 Å². The molecule has 0 saturated heterocycles. The molecule has 0 atom stereocenters. The van der Waals surface area contributed by atoms with E-state index in [0.29, 0.717) is 0 Å². The van der Waals surface area contributed by atoms with Crippen LogP contribution in [-0.4, -0.2) is 5.26 Å². The summed E-state index contributed by atoms with van der Waals surface area (Å²) in [4.78, 5) is 0. The summed E-state index contributed by atoms with van der Waals surface area (Å²) in [5, 5.41) is 43.8. The van der Waals surface area contributed by atoms with Gasteiger partial charge in [0.05, 0.1) is 0 Å². The summed E-state index contributed by atoms with van der Waals surface area (Å²) < 4.78 is 22.6. The van der Waals surface area contributed by atoms with E-state index in [2.05, 4.69) is 60.1 Å². The average molecular weight is 272 g/mol. The normalized spacial score (nSPS) is 10.6. The molecule has 16 heteroatoms. The van der Waals surface area contributed by atoms with Crippen molar-refractivity contribution in [1.29, 1.82) is 0 Å². The molecule has 1 N–H and O–H groups in total. The number of hydrogen-bond acceptors (Lipinski definition) is 15. The van der Waals surface area contributed by atoms with E-state index in [1.54, 1.807) is 0 Å². The molecule has 0 heterocycles. The van der Waals surface area contributed by atoms with Crippen molar-refractivity contribution in [3.05, 3.63) is 0 Å². The van der Waals surface area contributed by atoms with Crippen LogP contribution in [-0.2, 0) is 69.2 Å². The van der Waals surface area contributed by atoms with Gasteiger partial charge < -0.3 is 0 Å². The molecule has 0 bridgehead atoms. The molecular weight excluding hydrogens is 271 g/mol. The van der Waals surface area contributed by atoms with Gasteiger partial charge in [0.15, 0.2) is 0 Å². The number of rotatable bonds is 12. The molecule has 0 spiro atoms. The fourth-order valence-electron chi connectivity index (χ4n) is 0.140. The Morgan fingerprint density at radius 1 is 0.625 bits per heavy atom. The molecule has 0 aliphatic heterocycles. The monoisotopic (exact) mass is 272 g/mol. The van der Waals surface area contributed by atoms with E-state index in [1.165, 1.54) is 0 Å². The van der Waals surface area contributed by atoms with Gasteiger partial charge in [-0.3, -0.25) is 0 Å². The van der Waals surface area contributed by atoms with Gasteiger partial charge in [0.1, 0.15) is 0 Å². The maximum atomic E-state index is 9.63. The van der Waals surface area contributed by atoms with Crippen molar-refractivity contribution in [2.45, 2.75) is 0 Å². The third kappa shape index (κ3) is 13.4. The minimum absolute atomic E-state index is 2.85. The van der Waals surface area contributed by atoms with Crippen molar-refractivity contribution in [2.24, 2.45) is 0 Å². The molecule has 0 aromatic heterocycles. The molecule has 0 aliphatic rings. The van der Waals surface area contributed by atoms with Crippen LogP contribution in [0.15, 0.2) is 0 Å². The molecule has 0 fully saturated rings. The van der Waals surface area contributed by atoms with E-state index >= 15 is 0 Å². The van der Waals surface area contributed by atoms with Crippen LogP contribution >= 0.6 is 7.91 Å². The van der Waals surface area contributed by atoms with Crippen molar-refractivity contribution in [1.82, 2.24) is 0 Å². The van der Waals surface area contributed by atoms with Gasteiger partial charge in [-0.25, -0.2) is 14.4 Å². The maximum absolute atomic E-state index is 9.63. The van der Waals surface area contributed by atoms with Crippen LogP contribution in [0.2, 0.25) is 0 Å². The molecule has 0 rings (SSSR count). The third-order valence-corrected chi connectivity index (χ3v) is 0.554. The largest absolute Gasteiger partial charge is 0.498 e. The molecule has 0 radical (unpaired) electrons. The summed E-state index contributed by atoms with van der Waals surface area (Å²) in [5.74, 6) is 0. The summed E-state index contributed by atoms with van der Waals surface area (Å²) >= 11 is 0. The highest BCUT2D eigenvalue weighted by atomic mass is 31.1. The average Bonchev–Trinajstić information content (AvgIpc) is 2.25. The van der Waals surface area contributed by atoms with E-state index in [0.717, 1.165) is 0 Å². The van der Waals surface area contributed by atoms with Gasteiger partial charge >= 0.3 is 7.91 Å². The van der Waals surface area contributed by atoms with Gasteiger partial charge in [0, 0.05) is 0 Å². The Kier molecular flexibility index (Phi) is 12.0. The summed E-state index contributed by atoms with van der Waals surface area (Å²) in [6.45, 7) is 0. The van der Waals surface area contributed by atoms with Crippen LogP contribution in [0.5, 0.6) is 0 Å². The molecule has 0 aromatic rings. The number of hydrogen-bond donors (Lipinski definition) is 1. The summed E-state index contributed by atoms with van der Waals surface area (Å²) in [7, 11) is -3.30. The highest BCUT2D eigenvalue weighted by Gasteiger charge is 1.98. The highest BCUT2D eigenvalue weighted by Crippen LogP contribution is 2.05. The van der Waals surface area contributed by atoms with Crippen molar-refractivity contribution in [3.63, 3.8) is 0 Å². The Morgan fingerprint density at radius 2 is 1.00 bits per heavy atom. The van der Waals surface area contributed by atoms with E-state index < -0.39 is 7.91 Å². The zero-order valence-electron chi connectivity index (χ0n) is 6.61. The predicted octanol–water partition coefficient (Wildman–Crippen LogP) is -0.189. The second kappa shape index (κ2) is 12.4. The minimum Gasteiger partial charge on any atom is -0.219 e. The van der Waals surface area contributed by atoms with E-state index in [1.807, 2.05) is 0 Å². The Hall–Kier alpha value is -0.620. The Labute approximate surface area is 83.7 Å². The zero-order chi connectivity index (χ0) is 12.1. The van der Waals surface area contributed by atoms with Crippen molar-refractivity contribution in [2.75, 3.05) is 0 Å². The van der Waals surface area contributed by atoms with E-state index in [9.17, 15) is 9.13 Å². The highest BCUT2D eigenvalue weighted by molar-refractivity contribution is 7.24. The van der Waals surface area contributed by atoms with Crippen LogP contribution in [0, 0.1) is 0 Å². The lowest BCUT2D eigenvalue weighted by atomic mass is 14.0. The fraction of sp³-hybridized carbons (Fsp3) is 0. The summed E-state index contributed by atoms with van der Waals surface area (Å²) in [5.41, 5.74) is 0. The van der Waals surface area contributed by atoms with Crippen molar-refractivity contribution >= 4 is 7.91 Å². The van der Waals surface area contributed by atoms with Gasteiger partial charge in [-0.1, -0.05) is 4.67 Å². The lowest BCUT2D eigenvalue weighted by Gasteiger charge is -1.96. The topological polar surface area (TPSA) is 165 Å². The molecule has 0 amide bonds. The predicted molar refractivity (Wildman–Crippen MR) is 23.9 cm³/mol. The molecule has 0 saturated carbocycles. The smallest absolute Gasteiger partial charge is 0.219 e. The molecular formula is HO15P. The quantitative estimate of drug-likeness (QED) is 0.214. The van der Waals surface area contributed by atoms with Gasteiger partial charge in [-0.05, 0) is 55.4 Å². The molecule has 0 unspecified atom stereocenters. The van der Waals surface area contributed by atoms with Gasteiger partial charge in [-0.15, -0.1) is 0 Å². The van der Waals surface area contributed by atoms with Gasteiger partial charge in [-0.2, -0.15) is 0 Å². The maximum Gasteiger partial charge on any atom is 0.498 e. The minimum atomic E-state index is -3.30. The molecule has 0 aliphatic carbocycles. The van der Waals surface area contributed by atoms with Crippen molar-refractivity contribution < 1.29 is 74.5 Å². The Morgan fingerprint density at radius 3 is 1.38 bits per heavy atom. The van der Waals surface area contributed by atoms with Crippen LogP contribution in [0.25, 0.3) is 0 Å². The summed E-state index contributed by atoms with van der Waals surface area (Å²) in [6.07, 6.45) is 0. The zero-order valence-corrected chi connectivity index (χ0v) is 7.50. The lowest BCUT2D eigenvalue weighted by molar-refractivity contribution is -0.867. The fourth-order valence-corrected chi connectivity index (χ4v) is 0.215. The second-order valence-corrected chi connectivity index (χ2v) is 1.65. The molecule has 0 aromatic carbocycles. The standard InChI is InChI=1S/HO15P/c1-4-5-6-7-8-9-10-11-12-13-14-15-16(2)3/h1H. The molecule has 96 valence electrons. The lowest BCUT2D eigenvalue weighted by Crippen LogP contribution is -2.02. The molecule has 15 nitrogen and oxygen atoms in total. The first-order chi connectivity index (χ1) is 7.77. The van der Waals surface area contributed by atoms with E-state index in [4.69, 9.17) is 5.26 Å². The Balaban J connectivity index is 2.93. The first-order valence-electron chi connectivity index (χ1n) is 2.56. The van der Waals surface area contributed by atoms with E-state index in [-0.39, 0.29) is 0 Å². The van der Waals surface area contributed by atoms with Gasteiger partial charge in [0.2, 0.25) is 0 Å².